The van der Waals surface area contributed by atoms with Crippen molar-refractivity contribution in [1.29, 1.82) is 0 Å². The molecule has 128 valence electrons. The minimum atomic E-state index is -0.303. The van der Waals surface area contributed by atoms with Gasteiger partial charge in [0.25, 0.3) is 0 Å². The van der Waals surface area contributed by atoms with Crippen LogP contribution in [-0.4, -0.2) is 57.3 Å². The van der Waals surface area contributed by atoms with E-state index in [1.165, 1.54) is 0 Å². The SMILES string of the molecule is CCCC(C)N1CC2(CCN(Cc3noc(C)n3)CC2)OC1=O. The van der Waals surface area contributed by atoms with Gasteiger partial charge in [0.15, 0.2) is 5.82 Å². The number of carbonyl (C=O) groups is 1. The summed E-state index contributed by atoms with van der Waals surface area (Å²) in [7, 11) is 0. The summed E-state index contributed by atoms with van der Waals surface area (Å²) in [5.41, 5.74) is -0.303. The maximum absolute atomic E-state index is 12.2. The summed E-state index contributed by atoms with van der Waals surface area (Å²) in [5, 5.41) is 3.95. The molecule has 0 bridgehead atoms. The van der Waals surface area contributed by atoms with Crippen molar-refractivity contribution in [2.24, 2.45) is 0 Å². The molecule has 1 aromatic rings. The van der Waals surface area contributed by atoms with E-state index in [0.717, 1.165) is 51.1 Å². The molecule has 2 aliphatic heterocycles. The van der Waals surface area contributed by atoms with Gasteiger partial charge in [-0.05, 0) is 13.3 Å². The molecule has 1 unspecified atom stereocenters. The third-order valence-electron chi connectivity index (χ3n) is 4.94. The topological polar surface area (TPSA) is 71.7 Å². The van der Waals surface area contributed by atoms with Gasteiger partial charge in [0.1, 0.15) is 5.60 Å². The zero-order valence-electron chi connectivity index (χ0n) is 14.2. The predicted molar refractivity (Wildman–Crippen MR) is 83.8 cm³/mol. The van der Waals surface area contributed by atoms with Gasteiger partial charge in [0, 0.05) is 38.9 Å². The number of rotatable bonds is 5. The molecule has 0 saturated carbocycles. The molecule has 0 N–H and O–H groups in total. The molecule has 2 fully saturated rings. The number of aromatic nitrogens is 2. The summed E-state index contributed by atoms with van der Waals surface area (Å²) in [6.07, 6.45) is 3.69. The van der Waals surface area contributed by atoms with Gasteiger partial charge in [-0.15, -0.1) is 0 Å². The Labute approximate surface area is 137 Å². The Morgan fingerprint density at radius 3 is 2.70 bits per heavy atom. The fourth-order valence-electron chi connectivity index (χ4n) is 3.54. The molecular formula is C16H26N4O3. The van der Waals surface area contributed by atoms with Crippen molar-refractivity contribution in [2.45, 2.75) is 64.6 Å². The highest BCUT2D eigenvalue weighted by molar-refractivity contribution is 5.71. The van der Waals surface area contributed by atoms with Gasteiger partial charge >= 0.3 is 6.09 Å². The van der Waals surface area contributed by atoms with Crippen LogP contribution in [0.1, 0.15) is 51.2 Å². The molecule has 7 nitrogen and oxygen atoms in total. The Balaban J connectivity index is 1.55. The van der Waals surface area contributed by atoms with Gasteiger partial charge in [-0.25, -0.2) is 4.79 Å². The maximum atomic E-state index is 12.2. The number of amides is 1. The Morgan fingerprint density at radius 1 is 1.35 bits per heavy atom. The van der Waals surface area contributed by atoms with Crippen LogP contribution in [0.4, 0.5) is 4.79 Å². The summed E-state index contributed by atoms with van der Waals surface area (Å²) < 4.78 is 10.8. The van der Waals surface area contributed by atoms with E-state index in [0.29, 0.717) is 12.4 Å². The van der Waals surface area contributed by atoms with Gasteiger partial charge in [-0.1, -0.05) is 18.5 Å². The van der Waals surface area contributed by atoms with Crippen LogP contribution in [0.15, 0.2) is 4.52 Å². The molecule has 1 amide bonds. The zero-order valence-corrected chi connectivity index (χ0v) is 14.2. The summed E-state index contributed by atoms with van der Waals surface area (Å²) in [6, 6.07) is 0.257. The Morgan fingerprint density at radius 2 is 2.09 bits per heavy atom. The van der Waals surface area contributed by atoms with Gasteiger partial charge in [-0.2, -0.15) is 4.98 Å². The van der Waals surface area contributed by atoms with E-state index >= 15 is 0 Å². The van der Waals surface area contributed by atoms with Crippen LogP contribution >= 0.6 is 0 Å². The lowest BCUT2D eigenvalue weighted by atomic mass is 9.91. The average Bonchev–Trinajstić information content (AvgIpc) is 3.06. The summed E-state index contributed by atoms with van der Waals surface area (Å²) >= 11 is 0. The first-order chi connectivity index (χ1) is 11.0. The van der Waals surface area contributed by atoms with Crippen LogP contribution in [0, 0.1) is 6.92 Å². The van der Waals surface area contributed by atoms with E-state index in [1.54, 1.807) is 6.92 Å². The van der Waals surface area contributed by atoms with Crippen LogP contribution in [0.2, 0.25) is 0 Å². The van der Waals surface area contributed by atoms with Crippen molar-refractivity contribution in [3.63, 3.8) is 0 Å². The molecule has 1 spiro atoms. The number of hydrogen-bond acceptors (Lipinski definition) is 6. The van der Waals surface area contributed by atoms with E-state index in [1.807, 2.05) is 4.90 Å². The van der Waals surface area contributed by atoms with Crippen LogP contribution in [-0.2, 0) is 11.3 Å². The van der Waals surface area contributed by atoms with Gasteiger partial charge < -0.3 is 14.2 Å². The molecule has 2 saturated heterocycles. The zero-order chi connectivity index (χ0) is 16.4. The number of hydrogen-bond donors (Lipinski definition) is 0. The second-order valence-corrected chi connectivity index (χ2v) is 6.82. The normalized spacial score (nSPS) is 22.6. The predicted octanol–water partition coefficient (Wildman–Crippen LogP) is 2.35. The third-order valence-corrected chi connectivity index (χ3v) is 4.94. The summed E-state index contributed by atoms with van der Waals surface area (Å²) in [4.78, 5) is 20.6. The van der Waals surface area contributed by atoms with E-state index in [-0.39, 0.29) is 17.7 Å². The number of likely N-dealkylation sites (tertiary alicyclic amines) is 1. The largest absolute Gasteiger partial charge is 0.441 e. The Bertz CT molecular complexity index is 551. The van der Waals surface area contributed by atoms with Crippen LogP contribution in [0.25, 0.3) is 0 Å². The molecule has 1 atom stereocenters. The maximum Gasteiger partial charge on any atom is 0.410 e. The molecule has 1 aromatic heterocycles. The highest BCUT2D eigenvalue weighted by atomic mass is 16.6. The molecule has 0 radical (unpaired) electrons. The molecule has 23 heavy (non-hydrogen) atoms. The fourth-order valence-corrected chi connectivity index (χ4v) is 3.54. The van der Waals surface area contributed by atoms with Crippen molar-refractivity contribution >= 4 is 6.09 Å². The van der Waals surface area contributed by atoms with Crippen molar-refractivity contribution in [3.05, 3.63) is 11.7 Å². The lowest BCUT2D eigenvalue weighted by Gasteiger charge is -2.37. The third kappa shape index (κ3) is 3.49. The average molecular weight is 322 g/mol. The lowest BCUT2D eigenvalue weighted by molar-refractivity contribution is -0.00199. The van der Waals surface area contributed by atoms with Crippen molar-refractivity contribution in [3.8, 4) is 0 Å². The van der Waals surface area contributed by atoms with E-state index in [9.17, 15) is 4.79 Å². The second-order valence-electron chi connectivity index (χ2n) is 6.82. The number of nitrogens with zero attached hydrogens (tertiary/aromatic N) is 4. The molecule has 2 aliphatic rings. The summed E-state index contributed by atoms with van der Waals surface area (Å²) in [5.74, 6) is 1.32. The lowest BCUT2D eigenvalue weighted by Crippen LogP contribution is -2.47. The minimum Gasteiger partial charge on any atom is -0.441 e. The number of ether oxygens (including phenoxy) is 1. The molecule has 7 heteroatoms. The van der Waals surface area contributed by atoms with Crippen LogP contribution in [0.5, 0.6) is 0 Å². The molecule has 3 heterocycles. The molecular weight excluding hydrogens is 296 g/mol. The molecule has 0 aromatic carbocycles. The van der Waals surface area contributed by atoms with Gasteiger partial charge in [-0.3, -0.25) is 4.90 Å². The minimum absolute atomic E-state index is 0.145. The number of piperidine rings is 1. The van der Waals surface area contributed by atoms with Crippen LogP contribution in [0.3, 0.4) is 0 Å². The number of aryl methyl sites for hydroxylation is 1. The quantitative estimate of drug-likeness (QED) is 0.828. The Hall–Kier alpha value is -1.63. The van der Waals surface area contributed by atoms with E-state index in [2.05, 4.69) is 28.9 Å². The number of carbonyl (C=O) groups excluding carboxylic acids is 1. The van der Waals surface area contributed by atoms with Crippen LogP contribution < -0.4 is 0 Å². The first kappa shape index (κ1) is 16.2. The van der Waals surface area contributed by atoms with E-state index in [4.69, 9.17) is 9.26 Å². The van der Waals surface area contributed by atoms with Crippen molar-refractivity contribution < 1.29 is 14.1 Å². The first-order valence-corrected chi connectivity index (χ1v) is 8.52. The van der Waals surface area contributed by atoms with E-state index < -0.39 is 0 Å². The van der Waals surface area contributed by atoms with Gasteiger partial charge in [0.05, 0.1) is 13.1 Å². The monoisotopic (exact) mass is 322 g/mol. The highest BCUT2D eigenvalue weighted by Crippen LogP contribution is 2.35. The molecule has 0 aliphatic carbocycles. The Kier molecular flexibility index (Phi) is 4.57. The standard InChI is InChI=1S/C16H26N4O3/c1-4-5-12(2)20-11-16(22-15(20)21)6-8-19(9-7-16)10-14-17-13(3)23-18-14/h12H,4-11H2,1-3H3. The fraction of sp³-hybridized carbons (Fsp3) is 0.812. The van der Waals surface area contributed by atoms with Crippen molar-refractivity contribution in [1.82, 2.24) is 19.9 Å². The smallest absolute Gasteiger partial charge is 0.410 e. The summed E-state index contributed by atoms with van der Waals surface area (Å²) in [6.45, 7) is 9.24. The van der Waals surface area contributed by atoms with Crippen molar-refractivity contribution in [2.75, 3.05) is 19.6 Å². The molecule has 3 rings (SSSR count). The highest BCUT2D eigenvalue weighted by Gasteiger charge is 2.48. The second kappa shape index (κ2) is 6.47. The first-order valence-electron chi connectivity index (χ1n) is 8.52. The van der Waals surface area contributed by atoms with Gasteiger partial charge in [0.2, 0.25) is 5.89 Å².